The smallest absolute Gasteiger partial charge is 0.364 e. The first kappa shape index (κ1) is 120. The first-order chi connectivity index (χ1) is 65.7. The Bertz CT molecular complexity index is 3390. The molecule has 27 N–H and O–H groups in total. The molecule has 38 atom stereocenters. The van der Waals surface area contributed by atoms with Crippen molar-refractivity contribution < 1.29 is 208 Å². The molecule has 46 nitrogen and oxygen atoms in total. The third-order valence-electron chi connectivity index (χ3n) is 26.3. The highest BCUT2D eigenvalue weighted by Crippen LogP contribution is 2.43. The Hall–Kier alpha value is -4.35. The first-order valence-corrected chi connectivity index (χ1v) is 49.3. The van der Waals surface area contributed by atoms with E-state index in [0.717, 1.165) is 71.6 Å². The van der Waals surface area contributed by atoms with Gasteiger partial charge in [-0.25, -0.2) is 4.79 Å². The standard InChI is InChI=1S/C91H162N4O42/c1-5-7-9-11-13-15-17-19-20-21-22-23-24-26-28-30-32-34-36-38-61(109)94-51(52(106)37-35-33-31-29-27-25-18-16-14-12-10-8-6-2)48-124-86-74(119)71(116)78(58(44-100)128-86)132-88-75(120)72(117)77(59(45-101)129-88)131-84-64(92-49(3)104)81(69(114)56(42-98)125-84)135-89-76(121)83(137-91(90(122)123)39-53(107)63(95-62(110)47-103)82(136-91)66(111)54(108)40-96)79(60(46-102)130-89)133-85-65(93-50(4)105)80(68(113)57(43-99)126-85)134-87-73(118)70(115)67(112)55(41-97)127-87/h35,37,51-60,63-89,96-103,106-108,111-121H,5-34,36,38-48H2,1-4H3,(H,92,104)(H,93,105)(H,94,109)(H,95,110)(H,122,123)/b37-35+/t51-,52+,53?,54+,55?,56?,57?,58?,59?,60?,63+,64?,65?,66+,67-,68-,69-,70-,71+,72+,73?,74?,75?,76?,77-,78+,79-,80+,81+,82?,83+,84-,85-,86+,87-,88-,89-,91-/m0/s1. The minimum atomic E-state index is -3.58. The molecule has 0 aromatic heterocycles. The maximum Gasteiger partial charge on any atom is 0.364 e. The van der Waals surface area contributed by atoms with E-state index in [1.807, 2.05) is 6.08 Å². The molecule has 7 saturated heterocycles. The number of nitrogens with one attached hydrogen (secondary N) is 4. The molecule has 4 amide bonds. The lowest BCUT2D eigenvalue weighted by Crippen LogP contribution is -2.73. The van der Waals surface area contributed by atoms with Gasteiger partial charge in [0.25, 0.3) is 5.79 Å². The van der Waals surface area contributed by atoms with Crippen LogP contribution in [0.5, 0.6) is 0 Å². The van der Waals surface area contributed by atoms with Gasteiger partial charge in [-0.2, -0.15) is 0 Å². The maximum absolute atomic E-state index is 14.0. The Kier molecular flexibility index (Phi) is 54.5. The predicted octanol–water partition coefficient (Wildman–Crippen LogP) is -4.72. The van der Waals surface area contributed by atoms with E-state index in [1.54, 1.807) is 6.08 Å². The summed E-state index contributed by atoms with van der Waals surface area (Å²) in [5.41, 5.74) is 0. The summed E-state index contributed by atoms with van der Waals surface area (Å²) in [6.07, 6.45) is -33.3. The summed E-state index contributed by atoms with van der Waals surface area (Å²) in [5, 5.41) is 268. The van der Waals surface area contributed by atoms with E-state index >= 15 is 0 Å². The minimum absolute atomic E-state index is 0.139. The Morgan fingerprint density at radius 2 is 0.752 bits per heavy atom. The highest BCUT2D eigenvalue weighted by molar-refractivity contribution is 5.78. The maximum atomic E-state index is 14.0. The minimum Gasteiger partial charge on any atom is -0.477 e. The van der Waals surface area contributed by atoms with Crippen molar-refractivity contribution in [3.8, 4) is 0 Å². The Balaban J connectivity index is 1.08. The summed E-state index contributed by atoms with van der Waals surface area (Å²) in [5.74, 6) is -9.56. The molecule has 0 bridgehead atoms. The molecule has 7 rings (SSSR count). The average Bonchev–Trinajstić information content (AvgIpc) is 0.744. The van der Waals surface area contributed by atoms with Crippen molar-refractivity contribution >= 4 is 29.6 Å². The molecule has 7 heterocycles. The van der Waals surface area contributed by atoms with Crippen molar-refractivity contribution in [3.63, 3.8) is 0 Å². The molecule has 0 spiro atoms. The molecule has 0 aromatic rings. The number of rotatable bonds is 64. The highest BCUT2D eigenvalue weighted by Gasteiger charge is 2.64. The van der Waals surface area contributed by atoms with Crippen LogP contribution in [0.1, 0.15) is 240 Å². The molecule has 0 aliphatic carbocycles. The number of hydrogen-bond donors (Lipinski definition) is 27. The number of ether oxygens (including phenoxy) is 14. The fourth-order valence-electron chi connectivity index (χ4n) is 18.4. The molecule has 0 saturated carbocycles. The van der Waals surface area contributed by atoms with Crippen LogP contribution in [0.15, 0.2) is 12.2 Å². The monoisotopic (exact) mass is 1980 g/mol. The third kappa shape index (κ3) is 35.5. The van der Waals surface area contributed by atoms with Crippen LogP contribution in [0, 0.1) is 0 Å². The molecule has 46 heteroatoms. The summed E-state index contributed by atoms with van der Waals surface area (Å²) >= 11 is 0. The number of hydrogen-bond acceptors (Lipinski definition) is 41. The van der Waals surface area contributed by atoms with E-state index in [1.165, 1.54) is 128 Å². The molecule has 0 aromatic carbocycles. The van der Waals surface area contributed by atoms with Gasteiger partial charge in [-0.1, -0.05) is 206 Å². The van der Waals surface area contributed by atoms with Crippen molar-refractivity contribution in [3.05, 3.63) is 12.2 Å². The topological polar surface area (TPSA) is 728 Å². The first-order valence-electron chi connectivity index (χ1n) is 49.3. The Labute approximate surface area is 799 Å². The third-order valence-corrected chi connectivity index (χ3v) is 26.3. The van der Waals surface area contributed by atoms with Crippen molar-refractivity contribution in [2.24, 2.45) is 0 Å². The van der Waals surface area contributed by atoms with Crippen molar-refractivity contribution in [2.75, 3.05) is 59.5 Å². The van der Waals surface area contributed by atoms with Crippen LogP contribution in [0.25, 0.3) is 0 Å². The van der Waals surface area contributed by atoms with Gasteiger partial charge in [0.1, 0.15) is 171 Å². The number of aliphatic carboxylic acids is 1. The zero-order valence-corrected chi connectivity index (χ0v) is 79.3. The number of carbonyl (C=O) groups excluding carboxylic acids is 4. The van der Waals surface area contributed by atoms with Gasteiger partial charge in [0.15, 0.2) is 37.7 Å². The van der Waals surface area contributed by atoms with Crippen LogP contribution in [-0.2, 0) is 90.3 Å². The van der Waals surface area contributed by atoms with Gasteiger partial charge in [0.2, 0.25) is 23.6 Å². The second-order valence-corrected chi connectivity index (χ2v) is 37.1. The summed E-state index contributed by atoms with van der Waals surface area (Å²) in [6, 6.07) is -7.22. The van der Waals surface area contributed by atoms with Crippen LogP contribution in [0.2, 0.25) is 0 Å². The van der Waals surface area contributed by atoms with Crippen LogP contribution in [0.4, 0.5) is 0 Å². The normalized spacial score (nSPS) is 36.4. The fraction of sp³-hybridized carbons (Fsp3) is 0.923. The molecule has 14 unspecified atom stereocenters. The Morgan fingerprint density at radius 3 is 1.18 bits per heavy atom. The molecular formula is C91H162N4O42. The molecule has 137 heavy (non-hydrogen) atoms. The quantitative estimate of drug-likeness (QED) is 0.0201. The van der Waals surface area contributed by atoms with Crippen LogP contribution in [-0.4, -0.2) is 439 Å². The lowest BCUT2D eigenvalue weighted by molar-refractivity contribution is -0.403. The van der Waals surface area contributed by atoms with Crippen molar-refractivity contribution in [1.29, 1.82) is 0 Å². The second-order valence-electron chi connectivity index (χ2n) is 37.1. The molecule has 7 fully saturated rings. The van der Waals surface area contributed by atoms with E-state index in [9.17, 15) is 141 Å². The fourth-order valence-corrected chi connectivity index (χ4v) is 18.4. The van der Waals surface area contributed by atoms with Crippen molar-refractivity contribution in [2.45, 2.75) is 472 Å². The molecule has 7 aliphatic rings. The van der Waals surface area contributed by atoms with E-state index in [4.69, 9.17) is 66.3 Å². The molecule has 7 aliphatic heterocycles. The number of aliphatic hydroxyl groups excluding tert-OH is 22. The van der Waals surface area contributed by atoms with Gasteiger partial charge >= 0.3 is 5.97 Å². The number of allylic oxidation sites excluding steroid dienone is 1. The summed E-state index contributed by atoms with van der Waals surface area (Å²) < 4.78 is 84.4. The summed E-state index contributed by atoms with van der Waals surface area (Å²) in [7, 11) is 0. The number of unbranched alkanes of at least 4 members (excludes halogenated alkanes) is 29. The lowest BCUT2D eigenvalue weighted by Gasteiger charge is -2.53. The van der Waals surface area contributed by atoms with Gasteiger partial charge in [0, 0.05) is 26.7 Å². The van der Waals surface area contributed by atoms with E-state index in [0.29, 0.717) is 12.8 Å². The van der Waals surface area contributed by atoms with E-state index in [2.05, 4.69) is 35.1 Å². The van der Waals surface area contributed by atoms with Crippen molar-refractivity contribution in [1.82, 2.24) is 21.3 Å². The number of aliphatic hydroxyl groups is 22. The van der Waals surface area contributed by atoms with Crippen LogP contribution < -0.4 is 21.3 Å². The number of amides is 4. The predicted molar refractivity (Wildman–Crippen MR) is 475 cm³/mol. The zero-order valence-electron chi connectivity index (χ0n) is 79.3. The van der Waals surface area contributed by atoms with Gasteiger partial charge in [0.05, 0.1) is 77.1 Å². The van der Waals surface area contributed by atoms with Gasteiger partial charge < -0.3 is 205 Å². The molecular weight excluding hydrogens is 1820 g/mol. The number of carbonyl (C=O) groups is 5. The zero-order chi connectivity index (χ0) is 101. The van der Waals surface area contributed by atoms with Crippen LogP contribution >= 0.6 is 0 Å². The van der Waals surface area contributed by atoms with Gasteiger partial charge in [-0.05, 0) is 19.3 Å². The summed E-state index contributed by atoms with van der Waals surface area (Å²) in [4.78, 5) is 67.1. The average molecular weight is 1980 g/mol. The lowest BCUT2D eigenvalue weighted by atomic mass is 9.88. The number of carboxylic acid groups (broad SMARTS) is 1. The highest BCUT2D eigenvalue weighted by atomic mass is 16.8. The second kappa shape index (κ2) is 62.5. The molecule has 798 valence electrons. The Morgan fingerprint density at radius 1 is 0.387 bits per heavy atom. The number of carboxylic acids is 1. The van der Waals surface area contributed by atoms with Gasteiger partial charge in [-0.15, -0.1) is 0 Å². The van der Waals surface area contributed by atoms with Crippen LogP contribution in [0.3, 0.4) is 0 Å². The SMILES string of the molecule is CCCCCCCCCCCCC/C=C/[C@@H](O)[C@H](CO[C@@H]1OC(CO)[C@@H](O[C@@H]2OC(CO)[C@H](O[C@@H]3OC(CO)[C@H](O)[C@H](O[C@@H]4OC(CO)[C@H](O[C@@H]5OC(CO)[C@H](O)[C@H](O[C@@H]6OC(CO)[C@H](O)[C@H](O)C6O)C5NC(C)=O)[C@H](O[C@]5(C(=O)O)CC(O)[C@@H](NC(=O)CO)C([C@H](O)[C@H](O)CO)O5)C4O)C3NC(C)=O)[C@H](O)C2O)[C@H](O)C1O)NC(=O)CCCCCCCCCCCCCCCCCCCCC. The largest absolute Gasteiger partial charge is 0.477 e. The van der Waals surface area contributed by atoms with E-state index in [-0.39, 0.29) is 12.3 Å². The molecule has 0 radical (unpaired) electrons. The van der Waals surface area contributed by atoms with Gasteiger partial charge in [-0.3, -0.25) is 19.2 Å². The summed E-state index contributed by atoms with van der Waals surface area (Å²) in [6.45, 7) is -3.82. The van der Waals surface area contributed by atoms with E-state index < -0.39 is 322 Å².